The van der Waals surface area contributed by atoms with Gasteiger partial charge in [-0.1, -0.05) is 54.1 Å². The van der Waals surface area contributed by atoms with E-state index in [1.165, 1.54) is 0 Å². The highest BCUT2D eigenvalue weighted by Crippen LogP contribution is 2.28. The number of para-hydroxylation sites is 1. The minimum atomic E-state index is -3.58. The molecule has 2 aromatic carbocycles. The van der Waals surface area contributed by atoms with Gasteiger partial charge in [0.15, 0.2) is 9.84 Å². The highest BCUT2D eigenvalue weighted by molar-refractivity contribution is 7.90. The van der Waals surface area contributed by atoms with Gasteiger partial charge in [0.2, 0.25) is 5.91 Å². The SMILES string of the molecule is Cc1ccc(CS(=O)(=O)c2cn(CC(=O)NCc3cccnc3)c3ccccc23)cc1. The number of nitrogens with one attached hydrogen (secondary N) is 1. The van der Waals surface area contributed by atoms with E-state index < -0.39 is 9.84 Å². The summed E-state index contributed by atoms with van der Waals surface area (Å²) in [4.78, 5) is 16.8. The van der Waals surface area contributed by atoms with Crippen molar-refractivity contribution < 1.29 is 13.2 Å². The van der Waals surface area contributed by atoms with Crippen LogP contribution in [0.15, 0.2) is 84.1 Å². The molecule has 2 aromatic heterocycles. The van der Waals surface area contributed by atoms with Crippen LogP contribution in [0.3, 0.4) is 0 Å². The zero-order valence-corrected chi connectivity index (χ0v) is 18.0. The lowest BCUT2D eigenvalue weighted by Crippen LogP contribution is -2.26. The third-order valence-corrected chi connectivity index (χ3v) is 6.80. The molecular weight excluding hydrogens is 410 g/mol. The number of carbonyl (C=O) groups excluding carboxylic acids is 1. The molecule has 4 rings (SSSR count). The van der Waals surface area contributed by atoms with Crippen LogP contribution in [-0.4, -0.2) is 23.9 Å². The van der Waals surface area contributed by atoms with E-state index in [0.717, 1.165) is 16.7 Å². The van der Waals surface area contributed by atoms with Crippen LogP contribution in [0.2, 0.25) is 0 Å². The third-order valence-electron chi connectivity index (χ3n) is 5.09. The summed E-state index contributed by atoms with van der Waals surface area (Å²) >= 11 is 0. The van der Waals surface area contributed by atoms with Gasteiger partial charge >= 0.3 is 0 Å². The summed E-state index contributed by atoms with van der Waals surface area (Å²) in [5, 5.41) is 3.48. The first kappa shape index (κ1) is 20.8. The fraction of sp³-hybridized carbons (Fsp3) is 0.167. The Labute approximate surface area is 181 Å². The summed E-state index contributed by atoms with van der Waals surface area (Å²) in [7, 11) is -3.58. The second kappa shape index (κ2) is 8.73. The van der Waals surface area contributed by atoms with Gasteiger partial charge in [0.05, 0.1) is 10.6 Å². The topological polar surface area (TPSA) is 81.1 Å². The summed E-state index contributed by atoms with van der Waals surface area (Å²) in [6, 6.07) is 18.4. The monoisotopic (exact) mass is 433 g/mol. The number of hydrogen-bond acceptors (Lipinski definition) is 4. The minimum Gasteiger partial charge on any atom is -0.350 e. The number of amides is 1. The molecule has 0 aliphatic carbocycles. The van der Waals surface area contributed by atoms with Crippen LogP contribution in [0.5, 0.6) is 0 Å². The Balaban J connectivity index is 1.58. The average molecular weight is 434 g/mol. The van der Waals surface area contributed by atoms with Crippen molar-refractivity contribution in [3.63, 3.8) is 0 Å². The zero-order chi connectivity index (χ0) is 21.8. The summed E-state index contributed by atoms with van der Waals surface area (Å²) in [6.07, 6.45) is 4.94. The van der Waals surface area contributed by atoms with Gasteiger partial charge in [0, 0.05) is 36.0 Å². The number of rotatable bonds is 7. The third kappa shape index (κ3) is 4.83. The standard InChI is InChI=1S/C24H23N3O3S/c1-18-8-10-19(11-9-18)17-31(29,30)23-15-27(22-7-3-2-6-21(22)23)16-24(28)26-14-20-5-4-12-25-13-20/h2-13,15H,14,16-17H2,1H3,(H,26,28). The summed E-state index contributed by atoms with van der Waals surface area (Å²) in [6.45, 7) is 2.36. The van der Waals surface area contributed by atoms with E-state index in [1.807, 2.05) is 55.5 Å². The molecular formula is C24H23N3O3S. The second-order valence-electron chi connectivity index (χ2n) is 7.52. The van der Waals surface area contributed by atoms with Crippen molar-refractivity contribution in [2.45, 2.75) is 30.7 Å². The Morgan fingerprint density at radius 2 is 1.77 bits per heavy atom. The zero-order valence-electron chi connectivity index (χ0n) is 17.2. The van der Waals surface area contributed by atoms with Crippen LogP contribution in [0.4, 0.5) is 0 Å². The quantitative estimate of drug-likeness (QED) is 0.483. The van der Waals surface area contributed by atoms with Crippen LogP contribution < -0.4 is 5.32 Å². The van der Waals surface area contributed by atoms with Gasteiger partial charge in [-0.05, 0) is 30.2 Å². The van der Waals surface area contributed by atoms with Crippen molar-refractivity contribution in [3.05, 3.63) is 95.9 Å². The molecule has 1 amide bonds. The van der Waals surface area contributed by atoms with E-state index in [-0.39, 0.29) is 23.1 Å². The molecule has 0 radical (unpaired) electrons. The minimum absolute atomic E-state index is 0.0286. The molecule has 4 aromatic rings. The largest absolute Gasteiger partial charge is 0.350 e. The van der Waals surface area contributed by atoms with Crippen molar-refractivity contribution >= 4 is 26.6 Å². The molecule has 2 heterocycles. The van der Waals surface area contributed by atoms with E-state index in [1.54, 1.807) is 35.3 Å². The Morgan fingerprint density at radius 1 is 1.00 bits per heavy atom. The van der Waals surface area contributed by atoms with Gasteiger partial charge in [0.25, 0.3) is 0 Å². The number of pyridine rings is 1. The van der Waals surface area contributed by atoms with Crippen LogP contribution in [0.1, 0.15) is 16.7 Å². The molecule has 0 unspecified atom stereocenters. The summed E-state index contributed by atoms with van der Waals surface area (Å²) < 4.78 is 28.1. The lowest BCUT2D eigenvalue weighted by molar-refractivity contribution is -0.121. The van der Waals surface area contributed by atoms with Crippen molar-refractivity contribution in [1.82, 2.24) is 14.9 Å². The predicted octanol–water partition coefficient (Wildman–Crippen LogP) is 3.64. The average Bonchev–Trinajstić information content (AvgIpc) is 3.14. The Bertz CT molecular complexity index is 1310. The number of hydrogen-bond donors (Lipinski definition) is 1. The molecule has 31 heavy (non-hydrogen) atoms. The molecule has 158 valence electrons. The Morgan fingerprint density at radius 3 is 2.52 bits per heavy atom. The van der Waals surface area contributed by atoms with Crippen molar-refractivity contribution in [3.8, 4) is 0 Å². The lowest BCUT2D eigenvalue weighted by atomic mass is 10.2. The lowest BCUT2D eigenvalue weighted by Gasteiger charge is -2.07. The maximum atomic E-state index is 13.2. The van der Waals surface area contributed by atoms with E-state index in [4.69, 9.17) is 0 Å². The van der Waals surface area contributed by atoms with Crippen LogP contribution >= 0.6 is 0 Å². The number of fused-ring (bicyclic) bond motifs is 1. The van der Waals surface area contributed by atoms with Gasteiger partial charge < -0.3 is 9.88 Å². The second-order valence-corrected chi connectivity index (χ2v) is 9.48. The molecule has 0 saturated heterocycles. The fourth-order valence-corrected chi connectivity index (χ4v) is 5.07. The molecule has 0 spiro atoms. The number of benzene rings is 2. The van der Waals surface area contributed by atoms with E-state index in [2.05, 4.69) is 10.3 Å². The van der Waals surface area contributed by atoms with Crippen LogP contribution in [0.25, 0.3) is 10.9 Å². The first-order valence-electron chi connectivity index (χ1n) is 9.94. The Hall–Kier alpha value is -3.45. The van der Waals surface area contributed by atoms with Crippen LogP contribution in [-0.2, 0) is 33.5 Å². The highest BCUT2D eigenvalue weighted by atomic mass is 32.2. The van der Waals surface area contributed by atoms with Gasteiger partial charge in [-0.2, -0.15) is 0 Å². The molecule has 0 aliphatic heterocycles. The van der Waals surface area contributed by atoms with E-state index >= 15 is 0 Å². The molecule has 0 bridgehead atoms. The van der Waals surface area contributed by atoms with Crippen molar-refractivity contribution in [1.29, 1.82) is 0 Å². The van der Waals surface area contributed by atoms with Gasteiger partial charge in [-0.3, -0.25) is 9.78 Å². The molecule has 0 fully saturated rings. The molecule has 0 atom stereocenters. The van der Waals surface area contributed by atoms with E-state index in [9.17, 15) is 13.2 Å². The number of aromatic nitrogens is 2. The molecule has 7 heteroatoms. The van der Waals surface area contributed by atoms with Crippen molar-refractivity contribution in [2.75, 3.05) is 0 Å². The number of nitrogens with zero attached hydrogens (tertiary/aromatic N) is 2. The fourth-order valence-electron chi connectivity index (χ4n) is 3.49. The van der Waals surface area contributed by atoms with Gasteiger partial charge in [0.1, 0.15) is 6.54 Å². The number of sulfone groups is 1. The first-order valence-corrected chi connectivity index (χ1v) is 11.6. The maximum absolute atomic E-state index is 13.2. The smallest absolute Gasteiger partial charge is 0.240 e. The first-order chi connectivity index (χ1) is 14.9. The molecule has 1 N–H and O–H groups in total. The number of aryl methyl sites for hydroxylation is 1. The summed E-state index contributed by atoms with van der Waals surface area (Å²) in [5.41, 5.74) is 3.42. The van der Waals surface area contributed by atoms with Gasteiger partial charge in [-0.25, -0.2) is 8.42 Å². The normalized spacial score (nSPS) is 11.5. The molecule has 6 nitrogen and oxygen atoms in total. The maximum Gasteiger partial charge on any atom is 0.240 e. The predicted molar refractivity (Wildman–Crippen MR) is 120 cm³/mol. The molecule has 0 saturated carbocycles. The molecule has 0 aliphatic rings. The summed E-state index contributed by atoms with van der Waals surface area (Å²) in [5.74, 6) is -0.291. The van der Waals surface area contributed by atoms with Crippen LogP contribution in [0, 0.1) is 6.92 Å². The van der Waals surface area contributed by atoms with Crippen molar-refractivity contribution in [2.24, 2.45) is 0 Å². The van der Waals surface area contributed by atoms with Gasteiger partial charge in [-0.15, -0.1) is 0 Å². The number of carbonyl (C=O) groups is 1. The Kier molecular flexibility index (Phi) is 5.86. The highest BCUT2D eigenvalue weighted by Gasteiger charge is 2.22. The van der Waals surface area contributed by atoms with E-state index in [0.29, 0.717) is 17.4 Å².